The number of benzene rings is 9. The van der Waals surface area contributed by atoms with E-state index in [1.165, 1.54) is 11.1 Å². The van der Waals surface area contributed by atoms with Crippen LogP contribution in [-0.4, -0.2) is 24.9 Å². The van der Waals surface area contributed by atoms with Crippen molar-refractivity contribution in [2.75, 3.05) is 4.90 Å². The number of rotatable bonds is 13. The Bertz CT molecular complexity index is 4200. The zero-order valence-corrected chi connectivity index (χ0v) is 44.9. The van der Waals surface area contributed by atoms with Gasteiger partial charge in [-0.05, 0) is 155 Å². The molecule has 0 saturated heterocycles. The molecule has 0 atom stereocenters. The van der Waals surface area contributed by atoms with Crippen LogP contribution >= 0.6 is 0 Å². The van der Waals surface area contributed by atoms with Gasteiger partial charge in [0.2, 0.25) is 0 Å². The maximum absolute atomic E-state index is 5.09. The van der Waals surface area contributed by atoms with Gasteiger partial charge in [-0.3, -0.25) is 15.0 Å². The highest BCUT2D eigenvalue weighted by molar-refractivity contribution is 5.94. The summed E-state index contributed by atoms with van der Waals surface area (Å²) in [4.78, 5) is 27.1. The van der Waals surface area contributed by atoms with Crippen molar-refractivity contribution in [1.82, 2.24) is 24.9 Å². The van der Waals surface area contributed by atoms with E-state index in [4.69, 9.17) is 19.9 Å². The van der Waals surface area contributed by atoms with Crippen LogP contribution in [0.15, 0.2) is 292 Å². The van der Waals surface area contributed by atoms with Crippen LogP contribution in [0.2, 0.25) is 0 Å². The van der Waals surface area contributed by atoms with Crippen LogP contribution in [0.3, 0.4) is 0 Å². The van der Waals surface area contributed by atoms with E-state index in [2.05, 4.69) is 260 Å². The quantitative estimate of drug-likeness (QED) is 0.115. The van der Waals surface area contributed by atoms with Gasteiger partial charge in [-0.15, -0.1) is 0 Å². The molecule has 0 spiro atoms. The summed E-state index contributed by atoms with van der Waals surface area (Å²) in [6, 6.07) is 91.9. The van der Waals surface area contributed by atoms with Gasteiger partial charge in [-0.2, -0.15) is 0 Å². The Labute approximate surface area is 473 Å². The molecule has 0 radical (unpaired) electrons. The summed E-state index contributed by atoms with van der Waals surface area (Å²) in [5, 5.41) is 0. The zero-order valence-electron chi connectivity index (χ0n) is 44.9. The smallest absolute Gasteiger partial charge is 0.159 e. The van der Waals surface area contributed by atoms with Crippen LogP contribution in [0.4, 0.5) is 17.1 Å². The SMILES string of the molecule is Cc1cccc(-c2ccc(-c3ccccc3-c3cc(-c4ccccc4-c4ccc(-c5cccc(C)c5)nc4)cc(-c4ccccc4-c4cnc(-c5cccc(N(c6ccccc6)c6cccc(-c7ccccn7)c6)c5)nc4)c3)cn2)c1. The van der Waals surface area contributed by atoms with E-state index in [0.717, 1.165) is 123 Å². The minimum Gasteiger partial charge on any atom is -0.310 e. The van der Waals surface area contributed by atoms with Gasteiger partial charge < -0.3 is 4.90 Å². The first-order valence-corrected chi connectivity index (χ1v) is 27.3. The number of aryl methyl sites for hydroxylation is 2. The number of nitrogens with zero attached hydrogens (tertiary/aromatic N) is 6. The molecule has 0 bridgehead atoms. The van der Waals surface area contributed by atoms with Gasteiger partial charge in [0.05, 0.1) is 17.1 Å². The van der Waals surface area contributed by atoms with Gasteiger partial charge in [-0.1, -0.05) is 181 Å². The van der Waals surface area contributed by atoms with Gasteiger partial charge in [0.25, 0.3) is 0 Å². The van der Waals surface area contributed by atoms with Crippen molar-refractivity contribution < 1.29 is 0 Å². The first-order chi connectivity index (χ1) is 40.0. The molecule has 9 aromatic carbocycles. The molecule has 0 unspecified atom stereocenters. The Morgan fingerprint density at radius 1 is 0.235 bits per heavy atom. The number of anilines is 3. The minimum atomic E-state index is 0.633. The molecule has 13 rings (SSSR count). The third kappa shape index (κ3) is 10.6. The molecule has 4 heterocycles. The Kier molecular flexibility index (Phi) is 13.8. The number of hydrogen-bond acceptors (Lipinski definition) is 6. The van der Waals surface area contributed by atoms with Gasteiger partial charge in [0.15, 0.2) is 5.82 Å². The first kappa shape index (κ1) is 49.9. The summed E-state index contributed by atoms with van der Waals surface area (Å²) in [6.45, 7) is 4.23. The molecule has 6 nitrogen and oxygen atoms in total. The number of aromatic nitrogens is 5. The van der Waals surface area contributed by atoms with E-state index in [1.807, 2.05) is 55.2 Å². The topological polar surface area (TPSA) is 67.7 Å². The summed E-state index contributed by atoms with van der Waals surface area (Å²) >= 11 is 0. The first-order valence-electron chi connectivity index (χ1n) is 27.3. The van der Waals surface area contributed by atoms with Crippen LogP contribution < -0.4 is 4.90 Å². The highest BCUT2D eigenvalue weighted by atomic mass is 15.1. The summed E-state index contributed by atoms with van der Waals surface area (Å²) in [5.41, 5.74) is 25.1. The van der Waals surface area contributed by atoms with Gasteiger partial charge in [0, 0.05) is 87.0 Å². The fraction of sp³-hybridized carbons (Fsp3) is 0.0267. The van der Waals surface area contributed by atoms with Crippen molar-refractivity contribution in [3.05, 3.63) is 303 Å². The number of hydrogen-bond donors (Lipinski definition) is 0. The Balaban J connectivity index is 0.891. The summed E-state index contributed by atoms with van der Waals surface area (Å²) in [5.74, 6) is 0.633. The molecule has 0 aliphatic heterocycles. The second-order valence-corrected chi connectivity index (χ2v) is 20.3. The lowest BCUT2D eigenvalue weighted by molar-refractivity contribution is 1.17. The molecular formula is C75H54N6. The van der Waals surface area contributed by atoms with Crippen molar-refractivity contribution >= 4 is 17.1 Å². The lowest BCUT2D eigenvalue weighted by atomic mass is 9.86. The third-order valence-electron chi connectivity index (χ3n) is 14.8. The van der Waals surface area contributed by atoms with Gasteiger partial charge in [-0.25, -0.2) is 9.97 Å². The third-order valence-corrected chi connectivity index (χ3v) is 14.8. The molecule has 0 aliphatic rings. The van der Waals surface area contributed by atoms with Crippen molar-refractivity contribution in [3.63, 3.8) is 0 Å². The summed E-state index contributed by atoms with van der Waals surface area (Å²) in [7, 11) is 0. The molecule has 6 heteroatoms. The van der Waals surface area contributed by atoms with E-state index in [1.54, 1.807) is 0 Å². The molecule has 0 saturated carbocycles. The molecule has 0 amide bonds. The molecule has 4 aromatic heterocycles. The summed E-state index contributed by atoms with van der Waals surface area (Å²) in [6.07, 6.45) is 9.74. The highest BCUT2D eigenvalue weighted by Crippen LogP contribution is 2.43. The van der Waals surface area contributed by atoms with Crippen molar-refractivity contribution in [2.24, 2.45) is 0 Å². The van der Waals surface area contributed by atoms with Gasteiger partial charge >= 0.3 is 0 Å². The monoisotopic (exact) mass is 1040 g/mol. The molecule has 81 heavy (non-hydrogen) atoms. The van der Waals surface area contributed by atoms with Crippen LogP contribution in [0.25, 0.3) is 112 Å². The molecule has 384 valence electrons. The second-order valence-electron chi connectivity index (χ2n) is 20.3. The van der Waals surface area contributed by atoms with E-state index >= 15 is 0 Å². The summed E-state index contributed by atoms with van der Waals surface area (Å²) < 4.78 is 0. The predicted octanol–water partition coefficient (Wildman–Crippen LogP) is 19.4. The maximum atomic E-state index is 5.09. The lowest BCUT2D eigenvalue weighted by Crippen LogP contribution is -2.10. The highest BCUT2D eigenvalue weighted by Gasteiger charge is 2.19. The minimum absolute atomic E-state index is 0.633. The maximum Gasteiger partial charge on any atom is 0.159 e. The van der Waals surface area contributed by atoms with Crippen molar-refractivity contribution in [3.8, 4) is 112 Å². The molecule has 0 N–H and O–H groups in total. The normalized spacial score (nSPS) is 11.1. The largest absolute Gasteiger partial charge is 0.310 e. The Hall–Kier alpha value is -10.7. The van der Waals surface area contributed by atoms with E-state index < -0.39 is 0 Å². The van der Waals surface area contributed by atoms with Crippen LogP contribution in [-0.2, 0) is 0 Å². The predicted molar refractivity (Wildman–Crippen MR) is 334 cm³/mol. The number of pyridine rings is 3. The van der Waals surface area contributed by atoms with Crippen molar-refractivity contribution in [1.29, 1.82) is 0 Å². The molecule has 13 aromatic rings. The van der Waals surface area contributed by atoms with E-state index in [-0.39, 0.29) is 0 Å². The number of para-hydroxylation sites is 1. The fourth-order valence-corrected chi connectivity index (χ4v) is 10.9. The standard InChI is InChI=1S/C75H54N6/c1-51-18-14-20-53(40-51)73-37-35-57(47-77-73)66-28-6-8-30-68(66)59-42-60(69-31-9-7-29-67(69)58-36-38-74(78-48-58)54-21-15-19-52(2)41-54)44-61(43-59)70-32-10-11-33-71(70)62-49-79-75(80-50-62)56-23-17-27-65(46-56)81(63-24-4-3-5-25-63)64-26-16-22-55(45-64)72-34-12-13-39-76-72/h3-50H,1-2H3. The van der Waals surface area contributed by atoms with Crippen LogP contribution in [0.5, 0.6) is 0 Å². The van der Waals surface area contributed by atoms with Gasteiger partial charge in [0.1, 0.15) is 0 Å². The molecule has 0 fully saturated rings. The van der Waals surface area contributed by atoms with E-state index in [0.29, 0.717) is 5.82 Å². The molecule has 0 aliphatic carbocycles. The average Bonchev–Trinajstić information content (AvgIpc) is 3.54. The van der Waals surface area contributed by atoms with Crippen LogP contribution in [0.1, 0.15) is 11.1 Å². The second kappa shape index (κ2) is 22.3. The molecular weight excluding hydrogens is 985 g/mol. The lowest BCUT2D eigenvalue weighted by Gasteiger charge is -2.26. The van der Waals surface area contributed by atoms with E-state index in [9.17, 15) is 0 Å². The average molecular weight is 1040 g/mol. The van der Waals surface area contributed by atoms with Crippen molar-refractivity contribution in [2.45, 2.75) is 13.8 Å². The Morgan fingerprint density at radius 2 is 0.617 bits per heavy atom. The Morgan fingerprint density at radius 3 is 1.07 bits per heavy atom. The fourth-order valence-electron chi connectivity index (χ4n) is 10.9. The van der Waals surface area contributed by atoms with Crippen LogP contribution in [0, 0.1) is 13.8 Å². The zero-order chi connectivity index (χ0) is 54.5.